The number of hydrogen-bond donors (Lipinski definition) is 3. The maximum absolute atomic E-state index is 12.4. The molecular weight excluding hydrogens is 390 g/mol. The number of rotatable bonds is 6. The molecular formula is C23H25N7O. The average Bonchev–Trinajstić information content (AvgIpc) is 3.25. The van der Waals surface area contributed by atoms with Crippen LogP contribution in [0.2, 0.25) is 0 Å². The van der Waals surface area contributed by atoms with Gasteiger partial charge in [0.15, 0.2) is 5.82 Å². The third-order valence-electron chi connectivity index (χ3n) is 5.20. The summed E-state index contributed by atoms with van der Waals surface area (Å²) in [5, 5.41) is 15.3. The van der Waals surface area contributed by atoms with Gasteiger partial charge in [0, 0.05) is 36.9 Å². The average molecular weight is 416 g/mol. The van der Waals surface area contributed by atoms with Crippen LogP contribution in [-0.4, -0.2) is 47.3 Å². The number of likely N-dealkylation sites (N-methyl/N-ethyl adjacent to an activating group) is 1. The van der Waals surface area contributed by atoms with E-state index >= 15 is 0 Å². The van der Waals surface area contributed by atoms with Crippen molar-refractivity contribution in [3.8, 4) is 11.5 Å². The number of amides is 1. The van der Waals surface area contributed by atoms with Gasteiger partial charge < -0.3 is 15.5 Å². The lowest BCUT2D eigenvalue weighted by Crippen LogP contribution is -2.38. The molecule has 8 nitrogen and oxygen atoms in total. The first-order chi connectivity index (χ1) is 15.0. The van der Waals surface area contributed by atoms with Gasteiger partial charge in [-0.15, -0.1) is 0 Å². The second-order valence-corrected chi connectivity index (χ2v) is 7.51. The van der Waals surface area contributed by atoms with E-state index in [2.05, 4.69) is 15.6 Å². The molecule has 3 N–H and O–H groups in total. The van der Waals surface area contributed by atoms with Crippen LogP contribution in [0.1, 0.15) is 17.7 Å². The molecule has 1 aliphatic carbocycles. The largest absolute Gasteiger partial charge is 0.394 e. The number of carbonyl (C=O) groups excluding carboxylic acids is 1. The molecule has 2 aromatic heterocycles. The summed E-state index contributed by atoms with van der Waals surface area (Å²) in [7, 11) is 3.57. The second kappa shape index (κ2) is 8.91. The molecule has 0 radical (unpaired) electrons. The SMILES string of the molecule is CN/C=C\C(=N)NC(=O)CN(C)c1nc(-c2cc3ccccc3cn2)nc2c1CCC2. The number of amidine groups is 1. The summed E-state index contributed by atoms with van der Waals surface area (Å²) in [5.74, 6) is 1.07. The van der Waals surface area contributed by atoms with E-state index in [1.165, 1.54) is 6.08 Å². The first-order valence-electron chi connectivity index (χ1n) is 10.2. The molecule has 0 atom stereocenters. The zero-order valence-corrected chi connectivity index (χ0v) is 17.6. The van der Waals surface area contributed by atoms with Gasteiger partial charge in [-0.1, -0.05) is 24.3 Å². The number of anilines is 1. The first kappa shape index (κ1) is 20.5. The van der Waals surface area contributed by atoms with Crippen molar-refractivity contribution in [3.05, 3.63) is 60.1 Å². The van der Waals surface area contributed by atoms with Crippen LogP contribution in [0.3, 0.4) is 0 Å². The molecule has 3 aromatic rings. The Hall–Kier alpha value is -3.81. The summed E-state index contributed by atoms with van der Waals surface area (Å²) < 4.78 is 0. The Morgan fingerprint density at radius 2 is 2.03 bits per heavy atom. The molecule has 0 saturated heterocycles. The van der Waals surface area contributed by atoms with Crippen molar-refractivity contribution in [3.63, 3.8) is 0 Å². The molecule has 0 spiro atoms. The fourth-order valence-corrected chi connectivity index (χ4v) is 3.74. The van der Waals surface area contributed by atoms with Gasteiger partial charge in [0.2, 0.25) is 5.91 Å². The van der Waals surface area contributed by atoms with Gasteiger partial charge >= 0.3 is 0 Å². The molecule has 1 amide bonds. The van der Waals surface area contributed by atoms with Crippen molar-refractivity contribution in [2.24, 2.45) is 0 Å². The van der Waals surface area contributed by atoms with Gasteiger partial charge in [-0.25, -0.2) is 9.97 Å². The fourth-order valence-electron chi connectivity index (χ4n) is 3.74. The smallest absolute Gasteiger partial charge is 0.245 e. The van der Waals surface area contributed by atoms with Crippen molar-refractivity contribution < 1.29 is 4.79 Å². The molecule has 1 aromatic carbocycles. The molecule has 0 aliphatic heterocycles. The van der Waals surface area contributed by atoms with Gasteiger partial charge in [-0.05, 0) is 43.0 Å². The monoisotopic (exact) mass is 415 g/mol. The van der Waals surface area contributed by atoms with Crippen molar-refractivity contribution in [2.45, 2.75) is 19.3 Å². The van der Waals surface area contributed by atoms with E-state index in [0.29, 0.717) is 11.5 Å². The lowest BCUT2D eigenvalue weighted by atomic mass is 10.1. The summed E-state index contributed by atoms with van der Waals surface area (Å²) in [4.78, 5) is 28.4. The number of fused-ring (bicyclic) bond motifs is 2. The van der Waals surface area contributed by atoms with E-state index in [1.807, 2.05) is 48.5 Å². The van der Waals surface area contributed by atoms with Crippen LogP contribution in [0.5, 0.6) is 0 Å². The van der Waals surface area contributed by atoms with E-state index in [0.717, 1.165) is 47.1 Å². The minimum absolute atomic E-state index is 0.0294. The summed E-state index contributed by atoms with van der Waals surface area (Å²) in [6.45, 7) is 0.0871. The predicted molar refractivity (Wildman–Crippen MR) is 122 cm³/mol. The van der Waals surface area contributed by atoms with Crippen LogP contribution in [0.15, 0.2) is 48.8 Å². The molecule has 1 aliphatic rings. The molecule has 2 heterocycles. The Morgan fingerprint density at radius 3 is 2.84 bits per heavy atom. The zero-order valence-electron chi connectivity index (χ0n) is 17.6. The Morgan fingerprint density at radius 1 is 1.23 bits per heavy atom. The van der Waals surface area contributed by atoms with Crippen LogP contribution in [-0.2, 0) is 17.6 Å². The number of aromatic nitrogens is 3. The van der Waals surface area contributed by atoms with Crippen LogP contribution in [0, 0.1) is 5.41 Å². The molecule has 4 rings (SSSR count). The summed E-state index contributed by atoms with van der Waals surface area (Å²) in [6, 6.07) is 10.1. The second-order valence-electron chi connectivity index (χ2n) is 7.51. The van der Waals surface area contributed by atoms with E-state index in [-0.39, 0.29) is 18.3 Å². The van der Waals surface area contributed by atoms with E-state index in [4.69, 9.17) is 15.4 Å². The molecule has 0 bridgehead atoms. The molecule has 158 valence electrons. The molecule has 31 heavy (non-hydrogen) atoms. The van der Waals surface area contributed by atoms with E-state index in [1.54, 1.807) is 13.2 Å². The van der Waals surface area contributed by atoms with Crippen LogP contribution in [0.25, 0.3) is 22.3 Å². The van der Waals surface area contributed by atoms with Crippen molar-refractivity contribution in [1.29, 1.82) is 5.41 Å². The molecule has 8 heteroatoms. The van der Waals surface area contributed by atoms with Crippen LogP contribution < -0.4 is 15.5 Å². The third-order valence-corrected chi connectivity index (χ3v) is 5.20. The number of nitrogens with zero attached hydrogens (tertiary/aromatic N) is 4. The predicted octanol–water partition coefficient (Wildman–Crippen LogP) is 2.44. The van der Waals surface area contributed by atoms with Crippen molar-refractivity contribution >= 4 is 28.3 Å². The molecule has 0 unspecified atom stereocenters. The highest BCUT2D eigenvalue weighted by Crippen LogP contribution is 2.31. The van der Waals surface area contributed by atoms with Crippen molar-refractivity contribution in [1.82, 2.24) is 25.6 Å². The fraction of sp³-hybridized carbons (Fsp3) is 0.261. The van der Waals surface area contributed by atoms with Gasteiger partial charge in [0.05, 0.1) is 6.54 Å². The minimum atomic E-state index is -0.274. The lowest BCUT2D eigenvalue weighted by molar-refractivity contribution is -0.118. The number of pyridine rings is 1. The number of aryl methyl sites for hydroxylation is 1. The van der Waals surface area contributed by atoms with Gasteiger partial charge in [0.25, 0.3) is 0 Å². The first-order valence-corrected chi connectivity index (χ1v) is 10.2. The van der Waals surface area contributed by atoms with Gasteiger partial charge in [-0.2, -0.15) is 0 Å². The number of hydrogen-bond acceptors (Lipinski definition) is 7. The van der Waals surface area contributed by atoms with E-state index in [9.17, 15) is 4.79 Å². The quantitative estimate of drug-likeness (QED) is 0.422. The maximum Gasteiger partial charge on any atom is 0.245 e. The minimum Gasteiger partial charge on any atom is -0.394 e. The summed E-state index contributed by atoms with van der Waals surface area (Å²) in [6.07, 6.45) is 7.72. The summed E-state index contributed by atoms with van der Waals surface area (Å²) in [5.41, 5.74) is 2.82. The Bertz CT molecular complexity index is 1170. The maximum atomic E-state index is 12.4. The Kier molecular flexibility index (Phi) is 5.88. The van der Waals surface area contributed by atoms with Crippen LogP contribution >= 0.6 is 0 Å². The number of nitrogens with one attached hydrogen (secondary N) is 3. The zero-order chi connectivity index (χ0) is 21.8. The Labute approximate surface area is 180 Å². The standard InChI is InChI=1S/C23H25N7O/c1-25-11-10-20(24)28-21(31)14-30(2)23-17-8-5-9-18(17)27-22(29-23)19-12-15-6-3-4-7-16(15)13-26-19/h3-4,6-7,10-13,25H,5,8-9,14H2,1-2H3,(H2,24,28,31)/b11-10-. The van der Waals surface area contributed by atoms with Gasteiger partial charge in [0.1, 0.15) is 17.3 Å². The topological polar surface area (TPSA) is 107 Å². The normalized spacial score (nSPS) is 12.7. The number of carbonyl (C=O) groups is 1. The number of benzene rings is 1. The van der Waals surface area contributed by atoms with Gasteiger partial charge in [-0.3, -0.25) is 15.2 Å². The van der Waals surface area contributed by atoms with E-state index < -0.39 is 0 Å². The highest BCUT2D eigenvalue weighted by atomic mass is 16.2. The summed E-state index contributed by atoms with van der Waals surface area (Å²) >= 11 is 0. The molecule has 0 saturated carbocycles. The lowest BCUT2D eigenvalue weighted by Gasteiger charge is -2.21. The Balaban J connectivity index is 1.61. The highest BCUT2D eigenvalue weighted by molar-refractivity contribution is 6.03. The van der Waals surface area contributed by atoms with Crippen LogP contribution in [0.4, 0.5) is 5.82 Å². The highest BCUT2D eigenvalue weighted by Gasteiger charge is 2.23. The van der Waals surface area contributed by atoms with Crippen molar-refractivity contribution in [2.75, 3.05) is 25.5 Å². The third kappa shape index (κ3) is 4.53. The molecule has 0 fully saturated rings.